The van der Waals surface area contributed by atoms with Crippen molar-refractivity contribution in [1.82, 2.24) is 0 Å². The average Bonchev–Trinajstić information content (AvgIpc) is 3.19. The van der Waals surface area contributed by atoms with Crippen molar-refractivity contribution in [1.29, 1.82) is 0 Å². The number of rotatable bonds is 12. The van der Waals surface area contributed by atoms with E-state index in [0.29, 0.717) is 47.5 Å². The number of fused-ring (bicyclic) bond motifs is 2. The summed E-state index contributed by atoms with van der Waals surface area (Å²) in [6, 6.07) is 12.7. The number of benzene rings is 6. The Morgan fingerprint density at radius 3 is 1.01 bits per heavy atom. The minimum atomic E-state index is -5.43. The summed E-state index contributed by atoms with van der Waals surface area (Å²) in [5.41, 5.74) is -0.0220. The largest absolute Gasteiger partial charge is 1.00 e. The van der Waals surface area contributed by atoms with Gasteiger partial charge < -0.3 is 21.3 Å². The first-order valence-electron chi connectivity index (χ1n) is 18.0. The predicted octanol–water partition coefficient (Wildman–Crippen LogP) is 1.41. The Hall–Kier alpha value is -5.07. The van der Waals surface area contributed by atoms with Gasteiger partial charge in [0.25, 0.3) is 72.5 Å². The molecule has 2 amide bonds. The second-order valence-electron chi connectivity index (χ2n) is 14.3. The molecule has 10 N–H and O–H groups in total. The van der Waals surface area contributed by atoms with E-state index in [1.54, 1.807) is 13.8 Å². The van der Waals surface area contributed by atoms with Gasteiger partial charge in [0.1, 0.15) is 19.6 Å². The van der Waals surface area contributed by atoms with Gasteiger partial charge in [0, 0.05) is 44.0 Å². The van der Waals surface area contributed by atoms with Crippen molar-refractivity contribution in [3.05, 3.63) is 107 Å². The van der Waals surface area contributed by atoms with E-state index in [9.17, 15) is 87.4 Å². The number of carbonyl (C=O) groups is 2. The molecule has 0 aliphatic heterocycles. The van der Waals surface area contributed by atoms with E-state index in [2.05, 4.69) is 21.3 Å². The van der Waals surface area contributed by atoms with Crippen LogP contribution in [0.4, 0.5) is 22.7 Å². The summed E-state index contributed by atoms with van der Waals surface area (Å²) in [4.78, 5) is 20.3. The minimum Gasteiger partial charge on any atom is -0.332 e. The van der Waals surface area contributed by atoms with Gasteiger partial charge in [-0.05, 0) is 110 Å². The molecule has 0 fully saturated rings. The topological polar surface area (TPSA) is 408 Å². The summed E-state index contributed by atoms with van der Waals surface area (Å²) in [5, 5.41) is 7.02. The fraction of sp³-hybridized carbons (Fsp3) is 0.0541. The Labute approximate surface area is 419 Å². The van der Waals surface area contributed by atoms with Gasteiger partial charge in [0.05, 0.1) is 21.2 Å². The van der Waals surface area contributed by atoms with Crippen LogP contribution in [0.3, 0.4) is 0 Å². The van der Waals surface area contributed by atoms with Gasteiger partial charge in [-0.2, -0.15) is 50.5 Å². The number of hydrogen-bond acceptors (Lipinski definition) is 15. The molecule has 0 aromatic heterocycles. The van der Waals surface area contributed by atoms with Gasteiger partial charge in [0.2, 0.25) is 0 Å². The molecule has 0 heterocycles. The molecule has 0 radical (unpaired) electrons. The maximum Gasteiger partial charge on any atom is 1.00 e. The number of amides is 2. The van der Waals surface area contributed by atoms with Crippen LogP contribution in [0.2, 0.25) is 0 Å². The molecule has 0 aliphatic carbocycles. The first-order chi connectivity index (χ1) is 31.0. The smallest absolute Gasteiger partial charge is 0.332 e. The summed E-state index contributed by atoms with van der Waals surface area (Å²) in [5.74, 6) is -1.99. The molecule has 0 bridgehead atoms. The Morgan fingerprint density at radius 2 is 0.725 bits per heavy atom. The average molecular weight is 1100 g/mol. The van der Waals surface area contributed by atoms with Crippen LogP contribution in [-0.4, -0.2) is 94.8 Å². The van der Waals surface area contributed by atoms with Gasteiger partial charge in [0.15, 0.2) is 5.11 Å². The van der Waals surface area contributed by atoms with Crippen LogP contribution >= 0.6 is 12.2 Å². The molecule has 0 unspecified atom stereocenters. The molecule has 0 atom stereocenters. The maximum absolute atomic E-state index is 13.6. The first kappa shape index (κ1) is 54.9. The third kappa shape index (κ3) is 12.1. The Bertz CT molecular complexity index is 3690. The van der Waals surface area contributed by atoms with Crippen molar-refractivity contribution < 1.29 is 117 Å². The van der Waals surface area contributed by atoms with Crippen LogP contribution < -0.4 is 50.8 Å². The van der Waals surface area contributed by atoms with Crippen LogP contribution in [0, 0.1) is 13.8 Å². The van der Waals surface area contributed by atoms with Crippen LogP contribution in [-0.2, 0) is 60.7 Å². The molecule has 6 aromatic rings. The monoisotopic (exact) mass is 1100 g/mol. The molecule has 0 saturated carbocycles. The van der Waals surface area contributed by atoms with E-state index in [4.69, 9.17) is 12.2 Å². The van der Waals surface area contributed by atoms with E-state index in [0.717, 1.165) is 12.1 Å². The number of nitrogens with one attached hydrogen (secondary N) is 4. The standard InChI is InChI=1S/C37H30N4O20S7.Na/c1-17-3-5-19(35(42)38-25-7-9-29(65(50,51)52)23-13-21(63(44,45)46)15-31(33(23)25)67(56,57)58)11-27(17)40-37(62)41-28-12-20(6-4-18(28)2)36(43)39-26-8-10-30(66(53,54)55)24-14-22(64(47,48)49)16-32(34(24)26)68(59,60)61;/h3-16H,1-2H3,(H,38,42)(H,39,43)(H2,40,41,62)(H,44,45,46)(H,47,48,49)(H,50,51,52)(H,53,54,55)(H,56,57,58)(H,59,60,61);/q;+1. The molecule has 6 rings (SSSR count). The number of aryl methyl sites for hydroxylation is 2. The number of anilines is 4. The van der Waals surface area contributed by atoms with Gasteiger partial charge in [-0.25, -0.2) is 0 Å². The van der Waals surface area contributed by atoms with Crippen molar-refractivity contribution in [2.75, 3.05) is 21.3 Å². The molecule has 69 heavy (non-hydrogen) atoms. The minimum absolute atomic E-state index is 0. The first-order valence-corrected chi connectivity index (χ1v) is 27.1. The summed E-state index contributed by atoms with van der Waals surface area (Å²) >= 11 is 5.48. The summed E-state index contributed by atoms with van der Waals surface area (Å²) in [7, 11) is -31.8. The fourth-order valence-corrected chi connectivity index (χ4v) is 10.9. The second-order valence-corrected chi connectivity index (χ2v) is 23.1. The van der Waals surface area contributed by atoms with E-state index < -0.39 is 135 Å². The summed E-state index contributed by atoms with van der Waals surface area (Å²) in [6.07, 6.45) is 0. The quantitative estimate of drug-likeness (QED) is 0.0470. The molecule has 360 valence electrons. The van der Waals surface area contributed by atoms with E-state index in [-0.39, 0.29) is 57.2 Å². The van der Waals surface area contributed by atoms with Crippen molar-refractivity contribution in [2.24, 2.45) is 0 Å². The Balaban J connectivity index is 0.00000888. The van der Waals surface area contributed by atoms with Crippen LogP contribution in [0.25, 0.3) is 21.5 Å². The summed E-state index contributed by atoms with van der Waals surface area (Å²) < 4.78 is 205. The number of carbonyl (C=O) groups excluding carboxylic acids is 2. The molecule has 0 saturated heterocycles. The van der Waals surface area contributed by atoms with Crippen LogP contribution in [0.1, 0.15) is 31.8 Å². The third-order valence-electron chi connectivity index (χ3n) is 9.72. The zero-order chi connectivity index (χ0) is 50.9. The van der Waals surface area contributed by atoms with E-state index in [1.165, 1.54) is 36.4 Å². The van der Waals surface area contributed by atoms with Crippen molar-refractivity contribution in [2.45, 2.75) is 43.2 Å². The van der Waals surface area contributed by atoms with Crippen molar-refractivity contribution >= 4 is 134 Å². The van der Waals surface area contributed by atoms with Crippen molar-refractivity contribution in [3.8, 4) is 0 Å². The van der Waals surface area contributed by atoms with Gasteiger partial charge in [-0.15, -0.1) is 0 Å². The van der Waals surface area contributed by atoms with Gasteiger partial charge in [-0.1, -0.05) is 12.1 Å². The van der Waals surface area contributed by atoms with E-state index in [1.807, 2.05) is 0 Å². The predicted molar refractivity (Wildman–Crippen MR) is 245 cm³/mol. The van der Waals surface area contributed by atoms with Crippen LogP contribution in [0.15, 0.2) is 114 Å². The Kier molecular flexibility index (Phi) is 15.3. The van der Waals surface area contributed by atoms with Crippen molar-refractivity contribution in [3.63, 3.8) is 0 Å². The van der Waals surface area contributed by atoms with Gasteiger partial charge >= 0.3 is 29.6 Å². The maximum atomic E-state index is 13.6. The normalized spacial score (nSPS) is 12.5. The molecular formula is C37H30N4NaO20S7+. The zero-order valence-corrected chi connectivity index (χ0v) is 42.6. The number of thiocarbonyl (C=S) groups is 1. The zero-order valence-electron chi connectivity index (χ0n) is 34.8. The number of hydrogen-bond donors (Lipinski definition) is 10. The SMILES string of the molecule is Cc1ccc(C(=O)Nc2ccc(S(=O)(=O)O)c3cc(S(=O)(=O)O)cc(S(=O)(=O)O)c23)cc1NC(=S)Nc1cc(C(=O)Nc2ccc(S(=O)(=O)O)c3cc(S(=O)(=O)O)cc(S(=O)(=O)O)c23)ccc1C.[Na+]. The molecule has 0 spiro atoms. The van der Waals surface area contributed by atoms with E-state index >= 15 is 0 Å². The van der Waals surface area contributed by atoms with Crippen LogP contribution in [0.5, 0.6) is 0 Å². The molecule has 6 aromatic carbocycles. The second kappa shape index (κ2) is 19.3. The molecule has 0 aliphatic rings. The molecular weight excluding hydrogens is 1070 g/mol. The fourth-order valence-electron chi connectivity index (χ4n) is 6.61. The molecule has 24 nitrogen and oxygen atoms in total. The van der Waals surface area contributed by atoms with Gasteiger partial charge in [-0.3, -0.25) is 36.9 Å². The third-order valence-corrected chi connectivity index (χ3v) is 15.2. The Morgan fingerprint density at radius 1 is 0.406 bits per heavy atom. The summed E-state index contributed by atoms with van der Waals surface area (Å²) in [6.45, 7) is 3.19. The molecule has 32 heteroatoms.